The van der Waals surface area contributed by atoms with E-state index in [1.165, 1.54) is 12.0 Å². The van der Waals surface area contributed by atoms with Gasteiger partial charge in [0.15, 0.2) is 0 Å². The summed E-state index contributed by atoms with van der Waals surface area (Å²) in [6, 6.07) is 4.23. The van der Waals surface area contributed by atoms with Crippen LogP contribution >= 0.6 is 0 Å². The number of nitrogens with zero attached hydrogens (tertiary/aromatic N) is 1. The minimum Gasteiger partial charge on any atom is -0.383 e. The van der Waals surface area contributed by atoms with Gasteiger partial charge < -0.3 is 15.4 Å². The van der Waals surface area contributed by atoms with Crippen molar-refractivity contribution < 1.29 is 9.53 Å². The minimum absolute atomic E-state index is 0.0816. The summed E-state index contributed by atoms with van der Waals surface area (Å²) in [6.45, 7) is 2.14. The number of fused-ring (bicyclic) bond motifs is 1. The Balaban J connectivity index is 1.72. The molecule has 5 heteroatoms. The smallest absolute Gasteiger partial charge is 0.220 e. The van der Waals surface area contributed by atoms with Crippen LogP contribution in [0.1, 0.15) is 30.5 Å². The van der Waals surface area contributed by atoms with Crippen LogP contribution in [0.3, 0.4) is 0 Å². The van der Waals surface area contributed by atoms with Crippen LogP contribution in [0.15, 0.2) is 12.1 Å². The van der Waals surface area contributed by atoms with Crippen molar-refractivity contribution in [3.05, 3.63) is 23.4 Å². The van der Waals surface area contributed by atoms with Gasteiger partial charge in [0.1, 0.15) is 5.82 Å². The van der Waals surface area contributed by atoms with Gasteiger partial charge in [-0.1, -0.05) is 6.07 Å². The summed E-state index contributed by atoms with van der Waals surface area (Å²) >= 11 is 0. The first kappa shape index (κ1) is 14.8. The molecule has 0 saturated carbocycles. The van der Waals surface area contributed by atoms with Gasteiger partial charge in [0.25, 0.3) is 0 Å². The standard InChI is InChI=1S/C15H23N3O2/c1-20-11-10-16-14(19)6-2-5-13-8-7-12-4-3-9-17-15(12)18-13/h7-8H,2-6,9-11H2,1H3,(H,16,19)(H,17,18). The molecule has 1 aromatic heterocycles. The molecule has 20 heavy (non-hydrogen) atoms. The highest BCUT2D eigenvalue weighted by Crippen LogP contribution is 2.20. The molecule has 1 aromatic rings. The van der Waals surface area contributed by atoms with E-state index in [9.17, 15) is 4.79 Å². The van der Waals surface area contributed by atoms with Gasteiger partial charge in [0, 0.05) is 32.3 Å². The Kier molecular flexibility index (Phi) is 5.80. The maximum Gasteiger partial charge on any atom is 0.220 e. The Morgan fingerprint density at radius 1 is 1.50 bits per heavy atom. The second-order valence-electron chi connectivity index (χ2n) is 5.04. The van der Waals surface area contributed by atoms with Gasteiger partial charge in [0.2, 0.25) is 5.91 Å². The van der Waals surface area contributed by atoms with Gasteiger partial charge >= 0.3 is 0 Å². The van der Waals surface area contributed by atoms with E-state index in [1.807, 2.05) is 0 Å². The molecule has 5 nitrogen and oxygen atoms in total. The number of ether oxygens (including phenoxy) is 1. The van der Waals surface area contributed by atoms with Crippen LogP contribution in [0, 0.1) is 0 Å². The lowest BCUT2D eigenvalue weighted by Gasteiger charge is -2.17. The maximum absolute atomic E-state index is 11.5. The van der Waals surface area contributed by atoms with Crippen LogP contribution in [0.5, 0.6) is 0 Å². The molecule has 0 radical (unpaired) electrons. The molecule has 1 amide bonds. The van der Waals surface area contributed by atoms with Crippen LogP contribution in [0.25, 0.3) is 0 Å². The van der Waals surface area contributed by atoms with Gasteiger partial charge in [-0.3, -0.25) is 4.79 Å². The highest BCUT2D eigenvalue weighted by molar-refractivity contribution is 5.75. The first-order valence-corrected chi connectivity index (χ1v) is 7.28. The Bertz CT molecular complexity index is 449. The zero-order valence-corrected chi connectivity index (χ0v) is 12.1. The molecule has 0 unspecified atom stereocenters. The molecule has 1 aliphatic heterocycles. The third-order valence-electron chi connectivity index (χ3n) is 3.42. The first-order valence-electron chi connectivity index (χ1n) is 7.28. The molecule has 0 aromatic carbocycles. The zero-order chi connectivity index (χ0) is 14.2. The summed E-state index contributed by atoms with van der Waals surface area (Å²) in [5.41, 5.74) is 2.36. The van der Waals surface area contributed by atoms with Crippen molar-refractivity contribution in [2.45, 2.75) is 32.1 Å². The number of hydrogen-bond donors (Lipinski definition) is 2. The topological polar surface area (TPSA) is 63.2 Å². The monoisotopic (exact) mass is 277 g/mol. The predicted octanol–water partition coefficient (Wildman–Crippen LogP) is 1.52. The lowest BCUT2D eigenvalue weighted by atomic mass is 10.1. The summed E-state index contributed by atoms with van der Waals surface area (Å²) in [5.74, 6) is 1.11. The normalized spacial score (nSPS) is 13.4. The highest BCUT2D eigenvalue weighted by atomic mass is 16.5. The van der Waals surface area contributed by atoms with Gasteiger partial charge in [0.05, 0.1) is 6.61 Å². The molecular formula is C15H23N3O2. The van der Waals surface area contributed by atoms with Crippen molar-refractivity contribution in [1.29, 1.82) is 0 Å². The van der Waals surface area contributed by atoms with E-state index in [2.05, 4.69) is 27.8 Å². The molecular weight excluding hydrogens is 254 g/mol. The number of hydrogen-bond acceptors (Lipinski definition) is 4. The lowest BCUT2D eigenvalue weighted by molar-refractivity contribution is -0.121. The van der Waals surface area contributed by atoms with Crippen LogP contribution in [0.4, 0.5) is 5.82 Å². The average Bonchev–Trinajstić information content (AvgIpc) is 2.47. The second-order valence-corrected chi connectivity index (χ2v) is 5.04. The Morgan fingerprint density at radius 3 is 3.25 bits per heavy atom. The van der Waals surface area contributed by atoms with E-state index in [4.69, 9.17) is 4.74 Å². The lowest BCUT2D eigenvalue weighted by Crippen LogP contribution is -2.26. The van der Waals surface area contributed by atoms with E-state index < -0.39 is 0 Å². The summed E-state index contributed by atoms with van der Waals surface area (Å²) < 4.78 is 4.89. The molecule has 0 saturated heterocycles. The predicted molar refractivity (Wildman–Crippen MR) is 78.9 cm³/mol. The van der Waals surface area contributed by atoms with E-state index in [-0.39, 0.29) is 5.91 Å². The number of pyridine rings is 1. The highest BCUT2D eigenvalue weighted by Gasteiger charge is 2.10. The fourth-order valence-corrected chi connectivity index (χ4v) is 2.32. The third-order valence-corrected chi connectivity index (χ3v) is 3.42. The molecule has 0 fully saturated rings. The maximum atomic E-state index is 11.5. The average molecular weight is 277 g/mol. The summed E-state index contributed by atoms with van der Waals surface area (Å²) in [7, 11) is 1.63. The molecule has 0 bridgehead atoms. The summed E-state index contributed by atoms with van der Waals surface area (Å²) in [5, 5.41) is 6.16. The molecule has 2 heterocycles. The third kappa shape index (κ3) is 4.49. The van der Waals surface area contributed by atoms with E-state index in [0.717, 1.165) is 37.3 Å². The summed E-state index contributed by atoms with van der Waals surface area (Å²) in [4.78, 5) is 16.2. The molecule has 110 valence electrons. The van der Waals surface area contributed by atoms with Crippen molar-refractivity contribution in [3.63, 3.8) is 0 Å². The van der Waals surface area contributed by atoms with Crippen LogP contribution in [-0.4, -0.2) is 37.7 Å². The number of carbonyl (C=O) groups excluding carboxylic acids is 1. The Hall–Kier alpha value is -1.62. The quantitative estimate of drug-likeness (QED) is 0.742. The number of amides is 1. The van der Waals surface area contributed by atoms with Crippen molar-refractivity contribution in [1.82, 2.24) is 10.3 Å². The number of carbonyl (C=O) groups is 1. The molecule has 2 N–H and O–H groups in total. The van der Waals surface area contributed by atoms with Gasteiger partial charge in [-0.05, 0) is 37.3 Å². The number of aryl methyl sites for hydroxylation is 2. The van der Waals surface area contributed by atoms with Crippen molar-refractivity contribution in [3.8, 4) is 0 Å². The Morgan fingerprint density at radius 2 is 2.40 bits per heavy atom. The number of aromatic nitrogens is 1. The molecule has 2 rings (SSSR count). The number of nitrogens with one attached hydrogen (secondary N) is 2. The van der Waals surface area contributed by atoms with E-state index in [0.29, 0.717) is 19.6 Å². The van der Waals surface area contributed by atoms with Crippen molar-refractivity contribution in [2.75, 3.05) is 32.1 Å². The van der Waals surface area contributed by atoms with Crippen molar-refractivity contribution in [2.24, 2.45) is 0 Å². The molecule has 0 spiro atoms. The second kappa shape index (κ2) is 7.85. The summed E-state index contributed by atoms with van der Waals surface area (Å²) in [6.07, 6.45) is 4.49. The zero-order valence-electron chi connectivity index (χ0n) is 12.1. The van der Waals surface area contributed by atoms with E-state index >= 15 is 0 Å². The minimum atomic E-state index is 0.0816. The largest absolute Gasteiger partial charge is 0.383 e. The fraction of sp³-hybridized carbons (Fsp3) is 0.600. The molecule has 1 aliphatic rings. The number of rotatable bonds is 7. The Labute approximate surface area is 120 Å². The fourth-order valence-electron chi connectivity index (χ4n) is 2.32. The van der Waals surface area contributed by atoms with Crippen LogP contribution in [-0.2, 0) is 22.4 Å². The van der Waals surface area contributed by atoms with Gasteiger partial charge in [-0.15, -0.1) is 0 Å². The van der Waals surface area contributed by atoms with Crippen molar-refractivity contribution >= 4 is 11.7 Å². The van der Waals surface area contributed by atoms with Gasteiger partial charge in [-0.2, -0.15) is 0 Å². The SMILES string of the molecule is COCCNC(=O)CCCc1ccc2c(n1)NCCC2. The van der Waals surface area contributed by atoms with Crippen LogP contribution in [0.2, 0.25) is 0 Å². The number of anilines is 1. The number of methoxy groups -OCH3 is 1. The van der Waals surface area contributed by atoms with Crippen LogP contribution < -0.4 is 10.6 Å². The first-order chi connectivity index (χ1) is 9.79. The van der Waals surface area contributed by atoms with E-state index in [1.54, 1.807) is 7.11 Å². The molecule has 0 aliphatic carbocycles. The van der Waals surface area contributed by atoms with Gasteiger partial charge in [-0.25, -0.2) is 4.98 Å². The molecule has 0 atom stereocenters.